The van der Waals surface area contributed by atoms with Gasteiger partial charge in [0.05, 0.1) is 10.9 Å². The van der Waals surface area contributed by atoms with Gasteiger partial charge in [0.2, 0.25) is 0 Å². The zero-order chi connectivity index (χ0) is 16.3. The average molecular weight is 347 g/mol. The van der Waals surface area contributed by atoms with Gasteiger partial charge in [0, 0.05) is 31.3 Å². The number of sulfone groups is 1. The van der Waals surface area contributed by atoms with E-state index in [1.807, 2.05) is 19.4 Å². The number of rotatable bonds is 6. The Balaban J connectivity index is 2.07. The van der Waals surface area contributed by atoms with E-state index in [2.05, 4.69) is 9.88 Å². The van der Waals surface area contributed by atoms with Crippen LogP contribution in [-0.2, 0) is 21.1 Å². The zero-order valence-electron chi connectivity index (χ0n) is 13.8. The van der Waals surface area contributed by atoms with Gasteiger partial charge in [-0.05, 0) is 26.8 Å². The Morgan fingerprint density at radius 1 is 1.45 bits per heavy atom. The summed E-state index contributed by atoms with van der Waals surface area (Å²) in [5.74, 6) is 0. The minimum absolute atomic E-state index is 0.00232. The van der Waals surface area contributed by atoms with Gasteiger partial charge in [-0.15, -0.1) is 11.3 Å². The highest BCUT2D eigenvalue weighted by atomic mass is 32.2. The maximum Gasteiger partial charge on any atom is 0.151 e. The van der Waals surface area contributed by atoms with Crippen molar-refractivity contribution in [1.29, 1.82) is 0 Å². The number of hydrogen-bond donors (Lipinski definition) is 0. The highest BCUT2D eigenvalue weighted by Gasteiger charge is 2.35. The zero-order valence-corrected chi connectivity index (χ0v) is 15.4. The lowest BCUT2D eigenvalue weighted by Gasteiger charge is -2.36. The van der Waals surface area contributed by atoms with E-state index >= 15 is 0 Å². The Bertz CT molecular complexity index is 585. The van der Waals surface area contributed by atoms with E-state index in [1.54, 1.807) is 18.4 Å². The molecular formula is C15H26N2O3S2. The molecule has 0 saturated heterocycles. The van der Waals surface area contributed by atoms with Crippen LogP contribution in [0, 0.1) is 0 Å². The number of hydrogen-bond acceptors (Lipinski definition) is 6. The van der Waals surface area contributed by atoms with Gasteiger partial charge in [0.25, 0.3) is 0 Å². The van der Waals surface area contributed by atoms with Crippen LogP contribution in [0.3, 0.4) is 0 Å². The summed E-state index contributed by atoms with van der Waals surface area (Å²) < 4.78 is 29.3. The van der Waals surface area contributed by atoms with Crippen LogP contribution >= 0.6 is 11.3 Å². The van der Waals surface area contributed by atoms with Gasteiger partial charge >= 0.3 is 0 Å². The van der Waals surface area contributed by atoms with Crippen molar-refractivity contribution in [2.24, 2.45) is 0 Å². The fourth-order valence-corrected chi connectivity index (χ4v) is 5.49. The van der Waals surface area contributed by atoms with Crippen LogP contribution in [0.15, 0.2) is 5.38 Å². The number of methoxy groups -OCH3 is 1. The predicted molar refractivity (Wildman–Crippen MR) is 89.9 cm³/mol. The Hall–Kier alpha value is -0.500. The minimum atomic E-state index is -3.00. The maximum absolute atomic E-state index is 12.0. The van der Waals surface area contributed by atoms with Crippen LogP contribution in [0.25, 0.3) is 0 Å². The van der Waals surface area contributed by atoms with Gasteiger partial charge in [-0.1, -0.05) is 12.8 Å². The summed E-state index contributed by atoms with van der Waals surface area (Å²) in [5.41, 5.74) is 0.990. The van der Waals surface area contributed by atoms with E-state index in [4.69, 9.17) is 4.74 Å². The second-order valence-corrected chi connectivity index (χ2v) is 9.34. The summed E-state index contributed by atoms with van der Waals surface area (Å²) >= 11 is 1.60. The molecule has 0 amide bonds. The molecule has 0 N–H and O–H groups in total. The molecule has 1 aromatic heterocycles. The minimum Gasteiger partial charge on any atom is -0.375 e. The predicted octanol–water partition coefficient (Wildman–Crippen LogP) is 2.64. The maximum atomic E-state index is 12.0. The van der Waals surface area contributed by atoms with Crippen LogP contribution < -0.4 is 0 Å². The summed E-state index contributed by atoms with van der Waals surface area (Å²) in [5, 5.41) is 2.76. The largest absolute Gasteiger partial charge is 0.375 e. The van der Waals surface area contributed by atoms with Crippen LogP contribution in [0.2, 0.25) is 0 Å². The Labute approximate surface area is 137 Å². The Morgan fingerprint density at radius 2 is 2.14 bits per heavy atom. The van der Waals surface area contributed by atoms with E-state index in [0.29, 0.717) is 6.54 Å². The third-order valence-corrected chi connectivity index (χ3v) is 7.17. The standard InChI is InChI=1S/C15H26N2O3S2/c1-11(20-3)15-16-12(10-21-15)9-17(2)13-7-5-6-8-14(13)22(4,18)19/h10-11,13-14H,5-9H2,1-4H3. The molecule has 0 bridgehead atoms. The van der Waals surface area contributed by atoms with Crippen molar-refractivity contribution < 1.29 is 13.2 Å². The molecule has 126 valence electrons. The van der Waals surface area contributed by atoms with E-state index in [9.17, 15) is 8.42 Å². The normalized spacial score (nSPS) is 24.6. The molecule has 0 aliphatic heterocycles. The highest BCUT2D eigenvalue weighted by Crippen LogP contribution is 2.29. The SMILES string of the molecule is COC(C)c1nc(CN(C)C2CCCCC2S(C)(=O)=O)cs1. The third kappa shape index (κ3) is 4.28. The van der Waals surface area contributed by atoms with Crippen LogP contribution in [0.4, 0.5) is 0 Å². The van der Waals surface area contributed by atoms with Crippen LogP contribution in [-0.4, -0.2) is 50.0 Å². The molecular weight excluding hydrogens is 320 g/mol. The van der Waals surface area contributed by atoms with Crippen molar-refractivity contribution >= 4 is 21.2 Å². The molecule has 2 rings (SSSR count). The average Bonchev–Trinajstić information content (AvgIpc) is 2.94. The lowest BCUT2D eigenvalue weighted by molar-refractivity contribution is 0.119. The second-order valence-electron chi connectivity index (χ2n) is 6.19. The summed E-state index contributed by atoms with van der Waals surface area (Å²) in [6.07, 6.45) is 5.20. The summed E-state index contributed by atoms with van der Waals surface area (Å²) in [4.78, 5) is 6.76. The van der Waals surface area contributed by atoms with Gasteiger partial charge in [-0.3, -0.25) is 4.90 Å². The number of ether oxygens (including phenoxy) is 1. The first-order valence-electron chi connectivity index (χ1n) is 7.69. The monoisotopic (exact) mass is 346 g/mol. The molecule has 22 heavy (non-hydrogen) atoms. The highest BCUT2D eigenvalue weighted by molar-refractivity contribution is 7.91. The topological polar surface area (TPSA) is 59.5 Å². The first kappa shape index (κ1) is 17.8. The molecule has 1 aromatic rings. The number of nitrogens with zero attached hydrogens (tertiary/aromatic N) is 2. The summed E-state index contributed by atoms with van der Waals surface area (Å²) in [6.45, 7) is 2.66. The first-order chi connectivity index (χ1) is 10.3. The summed E-state index contributed by atoms with van der Waals surface area (Å²) in [7, 11) is 0.680. The molecule has 3 atom stereocenters. The van der Waals surface area contributed by atoms with Gasteiger partial charge < -0.3 is 4.74 Å². The fourth-order valence-electron chi connectivity index (χ4n) is 3.14. The molecule has 0 aromatic carbocycles. The molecule has 3 unspecified atom stereocenters. The van der Waals surface area contributed by atoms with Gasteiger partial charge in [-0.25, -0.2) is 13.4 Å². The lowest BCUT2D eigenvalue weighted by atomic mass is 9.94. The van der Waals surface area contributed by atoms with E-state index in [-0.39, 0.29) is 17.4 Å². The molecule has 1 aliphatic carbocycles. The number of thiazole rings is 1. The van der Waals surface area contributed by atoms with Gasteiger partial charge in [0.1, 0.15) is 11.1 Å². The van der Waals surface area contributed by atoms with Crippen molar-refractivity contribution in [3.8, 4) is 0 Å². The molecule has 0 spiro atoms. The van der Waals surface area contributed by atoms with Crippen molar-refractivity contribution in [2.75, 3.05) is 20.4 Å². The summed E-state index contributed by atoms with van der Waals surface area (Å²) in [6, 6.07) is 0.0914. The molecule has 1 heterocycles. The smallest absolute Gasteiger partial charge is 0.151 e. The van der Waals surface area contributed by atoms with Crippen molar-refractivity contribution in [3.63, 3.8) is 0 Å². The number of aromatic nitrogens is 1. The van der Waals surface area contributed by atoms with E-state index < -0.39 is 9.84 Å². The fraction of sp³-hybridized carbons (Fsp3) is 0.800. The quantitative estimate of drug-likeness (QED) is 0.792. The molecule has 7 heteroatoms. The van der Waals surface area contributed by atoms with Crippen molar-refractivity contribution in [2.45, 2.75) is 56.5 Å². The van der Waals surface area contributed by atoms with Gasteiger partial charge in [-0.2, -0.15) is 0 Å². The van der Waals surface area contributed by atoms with Crippen molar-refractivity contribution in [1.82, 2.24) is 9.88 Å². The Morgan fingerprint density at radius 3 is 2.77 bits per heavy atom. The van der Waals surface area contributed by atoms with Crippen molar-refractivity contribution in [3.05, 3.63) is 16.1 Å². The van der Waals surface area contributed by atoms with Crippen LogP contribution in [0.5, 0.6) is 0 Å². The second kappa shape index (κ2) is 7.38. The molecule has 1 aliphatic rings. The Kier molecular flexibility index (Phi) is 5.99. The molecule has 5 nitrogen and oxygen atoms in total. The molecule has 0 radical (unpaired) electrons. The molecule has 1 saturated carbocycles. The first-order valence-corrected chi connectivity index (χ1v) is 10.5. The van der Waals surface area contributed by atoms with E-state index in [0.717, 1.165) is 36.4 Å². The molecule has 1 fully saturated rings. The van der Waals surface area contributed by atoms with Crippen LogP contribution in [0.1, 0.15) is 49.4 Å². The van der Waals surface area contributed by atoms with E-state index in [1.165, 1.54) is 6.26 Å². The van der Waals surface area contributed by atoms with Gasteiger partial charge in [0.15, 0.2) is 9.84 Å². The lowest BCUT2D eigenvalue weighted by Crippen LogP contribution is -2.46. The third-order valence-electron chi connectivity index (χ3n) is 4.47.